The molecule has 3 amide bonds. The number of carbonyl (C=O) groups is 3. The van der Waals surface area contributed by atoms with Gasteiger partial charge in [0, 0.05) is 5.75 Å². The molecule has 0 aliphatic carbocycles. The Morgan fingerprint density at radius 2 is 1.94 bits per heavy atom. The second-order valence-corrected chi connectivity index (χ2v) is 3.81. The number of primary amides is 1. The second-order valence-electron chi connectivity index (χ2n) is 3.00. The average Bonchev–Trinajstić information content (AvgIpc) is 2.24. The molecule has 0 aliphatic heterocycles. The zero-order chi connectivity index (χ0) is 12.6. The minimum absolute atomic E-state index is 0.107. The predicted octanol–water partition coefficient (Wildman–Crippen LogP) is -1.68. The van der Waals surface area contributed by atoms with Crippen LogP contribution in [0.15, 0.2) is 0 Å². The number of carbonyl (C=O) groups excluding carboxylic acids is 3. The molecule has 0 spiro atoms. The van der Waals surface area contributed by atoms with E-state index in [1.807, 2.05) is 0 Å². The first-order valence-electron chi connectivity index (χ1n) is 4.57. The van der Waals surface area contributed by atoms with Gasteiger partial charge in [-0.1, -0.05) is 0 Å². The molecule has 0 aliphatic rings. The van der Waals surface area contributed by atoms with Gasteiger partial charge in [0.05, 0.1) is 0 Å². The SMILES string of the molecule is NC(=O)C(CS)NC(=O)C(CCS)NC=O. The van der Waals surface area contributed by atoms with Gasteiger partial charge in [0.2, 0.25) is 18.2 Å². The molecule has 0 heterocycles. The Morgan fingerprint density at radius 1 is 1.31 bits per heavy atom. The largest absolute Gasteiger partial charge is 0.368 e. The average molecular weight is 265 g/mol. The van der Waals surface area contributed by atoms with Crippen molar-refractivity contribution in [3.05, 3.63) is 0 Å². The van der Waals surface area contributed by atoms with Gasteiger partial charge in [-0.15, -0.1) is 0 Å². The maximum Gasteiger partial charge on any atom is 0.243 e. The highest BCUT2D eigenvalue weighted by Crippen LogP contribution is 1.96. The number of hydrogen-bond acceptors (Lipinski definition) is 5. The van der Waals surface area contributed by atoms with Crippen LogP contribution in [0.2, 0.25) is 0 Å². The van der Waals surface area contributed by atoms with E-state index in [-0.39, 0.29) is 5.75 Å². The van der Waals surface area contributed by atoms with Crippen molar-refractivity contribution in [1.82, 2.24) is 10.6 Å². The summed E-state index contributed by atoms with van der Waals surface area (Å²) in [5.74, 6) is -0.602. The summed E-state index contributed by atoms with van der Waals surface area (Å²) in [5, 5.41) is 4.72. The van der Waals surface area contributed by atoms with Crippen LogP contribution in [0.3, 0.4) is 0 Å². The van der Waals surface area contributed by atoms with Crippen molar-refractivity contribution in [2.45, 2.75) is 18.5 Å². The molecular formula is C8H15N3O3S2. The molecule has 92 valence electrons. The fraction of sp³-hybridized carbons (Fsp3) is 0.625. The van der Waals surface area contributed by atoms with E-state index in [0.29, 0.717) is 18.6 Å². The number of nitrogens with one attached hydrogen (secondary N) is 2. The lowest BCUT2D eigenvalue weighted by molar-refractivity contribution is -0.129. The molecule has 6 nitrogen and oxygen atoms in total. The Labute approximate surface area is 105 Å². The molecule has 4 N–H and O–H groups in total. The summed E-state index contributed by atoms with van der Waals surface area (Å²) in [7, 11) is 0. The van der Waals surface area contributed by atoms with Gasteiger partial charge in [0.1, 0.15) is 12.1 Å². The van der Waals surface area contributed by atoms with E-state index in [1.165, 1.54) is 0 Å². The van der Waals surface area contributed by atoms with Crippen LogP contribution in [-0.4, -0.2) is 41.8 Å². The topological polar surface area (TPSA) is 101 Å². The first-order valence-corrected chi connectivity index (χ1v) is 5.84. The molecule has 0 aromatic carbocycles. The van der Waals surface area contributed by atoms with Gasteiger partial charge in [-0.3, -0.25) is 14.4 Å². The minimum Gasteiger partial charge on any atom is -0.368 e. The van der Waals surface area contributed by atoms with Crippen molar-refractivity contribution >= 4 is 43.5 Å². The summed E-state index contributed by atoms with van der Waals surface area (Å²) in [6, 6.07) is -1.55. The van der Waals surface area contributed by atoms with Crippen molar-refractivity contribution < 1.29 is 14.4 Å². The van der Waals surface area contributed by atoms with Crippen molar-refractivity contribution in [3.63, 3.8) is 0 Å². The Bertz CT molecular complexity index is 263. The van der Waals surface area contributed by atoms with Crippen LogP contribution in [-0.2, 0) is 14.4 Å². The van der Waals surface area contributed by atoms with Crippen LogP contribution in [0.1, 0.15) is 6.42 Å². The van der Waals surface area contributed by atoms with E-state index in [9.17, 15) is 14.4 Å². The maximum absolute atomic E-state index is 11.6. The Hall–Kier alpha value is -0.890. The third-order valence-electron chi connectivity index (χ3n) is 1.85. The highest BCUT2D eigenvalue weighted by atomic mass is 32.1. The van der Waals surface area contributed by atoms with Gasteiger partial charge in [-0.25, -0.2) is 0 Å². The molecule has 2 atom stereocenters. The molecular weight excluding hydrogens is 250 g/mol. The lowest BCUT2D eigenvalue weighted by Crippen LogP contribution is -2.52. The number of rotatable bonds is 8. The van der Waals surface area contributed by atoms with Gasteiger partial charge in [0.25, 0.3) is 0 Å². The number of nitrogens with two attached hydrogens (primary N) is 1. The summed E-state index contributed by atoms with van der Waals surface area (Å²) in [6.45, 7) is 0. The lowest BCUT2D eigenvalue weighted by Gasteiger charge is -2.18. The lowest BCUT2D eigenvalue weighted by atomic mass is 10.2. The van der Waals surface area contributed by atoms with E-state index in [4.69, 9.17) is 5.73 Å². The van der Waals surface area contributed by atoms with E-state index in [0.717, 1.165) is 0 Å². The van der Waals surface area contributed by atoms with Crippen molar-refractivity contribution in [2.24, 2.45) is 5.73 Å². The molecule has 16 heavy (non-hydrogen) atoms. The third-order valence-corrected chi connectivity index (χ3v) is 2.47. The normalized spacial score (nSPS) is 13.6. The third kappa shape index (κ3) is 5.26. The Kier molecular flexibility index (Phi) is 7.82. The number of thiol groups is 2. The molecule has 0 bridgehead atoms. The molecule has 0 aromatic rings. The van der Waals surface area contributed by atoms with Crippen molar-refractivity contribution in [1.29, 1.82) is 0 Å². The van der Waals surface area contributed by atoms with Crippen LogP contribution in [0.25, 0.3) is 0 Å². The van der Waals surface area contributed by atoms with E-state index < -0.39 is 23.9 Å². The molecule has 0 saturated heterocycles. The molecule has 2 unspecified atom stereocenters. The molecule has 0 radical (unpaired) electrons. The standard InChI is InChI=1S/C8H15N3O3S2/c9-7(13)6(3-16)11-8(14)5(1-2-15)10-4-12/h4-6,15-16H,1-3H2,(H2,9,13)(H,10,12)(H,11,14). The summed E-state index contributed by atoms with van der Waals surface area (Å²) < 4.78 is 0. The molecule has 0 fully saturated rings. The highest BCUT2D eigenvalue weighted by molar-refractivity contribution is 7.80. The maximum atomic E-state index is 11.6. The zero-order valence-electron chi connectivity index (χ0n) is 8.55. The van der Waals surface area contributed by atoms with Crippen LogP contribution in [0.4, 0.5) is 0 Å². The summed E-state index contributed by atoms with van der Waals surface area (Å²) in [4.78, 5) is 32.7. The molecule has 8 heteroatoms. The Morgan fingerprint density at radius 3 is 2.31 bits per heavy atom. The van der Waals surface area contributed by atoms with Gasteiger partial charge in [-0.05, 0) is 12.2 Å². The van der Waals surface area contributed by atoms with Gasteiger partial charge in [0.15, 0.2) is 0 Å². The fourth-order valence-electron chi connectivity index (χ4n) is 0.980. The number of amides is 3. The smallest absolute Gasteiger partial charge is 0.243 e. The monoisotopic (exact) mass is 265 g/mol. The zero-order valence-corrected chi connectivity index (χ0v) is 10.3. The first kappa shape index (κ1) is 15.1. The van der Waals surface area contributed by atoms with Crippen LogP contribution in [0.5, 0.6) is 0 Å². The quantitative estimate of drug-likeness (QED) is 0.268. The van der Waals surface area contributed by atoms with E-state index in [1.54, 1.807) is 0 Å². The van der Waals surface area contributed by atoms with E-state index >= 15 is 0 Å². The molecule has 0 rings (SSSR count). The van der Waals surface area contributed by atoms with Gasteiger partial charge >= 0.3 is 0 Å². The van der Waals surface area contributed by atoms with Crippen LogP contribution >= 0.6 is 25.3 Å². The molecule has 0 saturated carbocycles. The van der Waals surface area contributed by atoms with E-state index in [2.05, 4.69) is 35.9 Å². The van der Waals surface area contributed by atoms with Crippen molar-refractivity contribution in [3.8, 4) is 0 Å². The van der Waals surface area contributed by atoms with Crippen LogP contribution < -0.4 is 16.4 Å². The summed E-state index contributed by atoms with van der Waals surface area (Å²) in [6.07, 6.45) is 0.791. The second kappa shape index (κ2) is 8.28. The molecule has 0 aromatic heterocycles. The van der Waals surface area contributed by atoms with Gasteiger partial charge < -0.3 is 16.4 Å². The van der Waals surface area contributed by atoms with Gasteiger partial charge in [-0.2, -0.15) is 25.3 Å². The predicted molar refractivity (Wildman–Crippen MR) is 66.4 cm³/mol. The number of hydrogen-bond donors (Lipinski definition) is 5. The van der Waals surface area contributed by atoms with Crippen molar-refractivity contribution in [2.75, 3.05) is 11.5 Å². The summed E-state index contributed by atoms with van der Waals surface area (Å²) in [5.41, 5.74) is 5.04. The summed E-state index contributed by atoms with van der Waals surface area (Å²) >= 11 is 7.84. The highest BCUT2D eigenvalue weighted by Gasteiger charge is 2.22. The minimum atomic E-state index is -0.841. The Balaban J connectivity index is 4.37. The first-order chi connectivity index (χ1) is 7.56. The van der Waals surface area contributed by atoms with Crippen LogP contribution in [0, 0.1) is 0 Å². The fourth-order valence-corrected chi connectivity index (χ4v) is 1.51.